The van der Waals surface area contributed by atoms with Crippen molar-refractivity contribution in [2.45, 2.75) is 72.0 Å². The second-order valence-electron chi connectivity index (χ2n) is 5.88. The molecule has 0 radical (unpaired) electrons. The van der Waals surface area contributed by atoms with E-state index in [9.17, 15) is 0 Å². The molecule has 120 valence electrons. The summed E-state index contributed by atoms with van der Waals surface area (Å²) >= 11 is 0. The average molecular weight is 292 g/mol. The SMILES string of the molecule is C/C=C/CC/C(C)=C/CC/C(C)=C/COC1CCCCO1. The number of allylic oxidation sites excluding steroid dienone is 5. The first-order valence-corrected chi connectivity index (χ1v) is 8.38. The zero-order valence-electron chi connectivity index (χ0n) is 14.1. The molecule has 0 bridgehead atoms. The van der Waals surface area contributed by atoms with Gasteiger partial charge >= 0.3 is 0 Å². The quantitative estimate of drug-likeness (QED) is 0.518. The molecule has 1 aliphatic rings. The molecule has 0 amide bonds. The van der Waals surface area contributed by atoms with Gasteiger partial charge in [-0.3, -0.25) is 0 Å². The Morgan fingerprint density at radius 1 is 1.10 bits per heavy atom. The van der Waals surface area contributed by atoms with Gasteiger partial charge in [0, 0.05) is 6.61 Å². The molecule has 0 aromatic rings. The fourth-order valence-electron chi connectivity index (χ4n) is 2.37. The van der Waals surface area contributed by atoms with E-state index in [0.717, 1.165) is 32.3 Å². The molecule has 0 N–H and O–H groups in total. The third-order valence-electron chi connectivity index (χ3n) is 3.82. The van der Waals surface area contributed by atoms with E-state index < -0.39 is 0 Å². The van der Waals surface area contributed by atoms with Crippen molar-refractivity contribution in [1.29, 1.82) is 0 Å². The van der Waals surface area contributed by atoms with E-state index in [1.54, 1.807) is 0 Å². The van der Waals surface area contributed by atoms with Crippen LogP contribution in [-0.2, 0) is 9.47 Å². The Kier molecular flexibility index (Phi) is 10.2. The summed E-state index contributed by atoms with van der Waals surface area (Å²) in [7, 11) is 0. The highest BCUT2D eigenvalue weighted by Crippen LogP contribution is 2.14. The summed E-state index contributed by atoms with van der Waals surface area (Å²) in [4.78, 5) is 0. The van der Waals surface area contributed by atoms with Crippen molar-refractivity contribution >= 4 is 0 Å². The lowest BCUT2D eigenvalue weighted by Crippen LogP contribution is -2.22. The highest BCUT2D eigenvalue weighted by Gasteiger charge is 2.12. The summed E-state index contributed by atoms with van der Waals surface area (Å²) in [6.07, 6.45) is 17.0. The second-order valence-corrected chi connectivity index (χ2v) is 5.88. The van der Waals surface area contributed by atoms with E-state index in [1.807, 2.05) is 0 Å². The van der Waals surface area contributed by atoms with Crippen LogP contribution < -0.4 is 0 Å². The summed E-state index contributed by atoms with van der Waals surface area (Å²) in [5, 5.41) is 0. The molecule has 0 saturated carbocycles. The summed E-state index contributed by atoms with van der Waals surface area (Å²) in [6, 6.07) is 0. The van der Waals surface area contributed by atoms with Crippen LogP contribution in [0.25, 0.3) is 0 Å². The van der Waals surface area contributed by atoms with Crippen LogP contribution >= 0.6 is 0 Å². The van der Waals surface area contributed by atoms with Crippen LogP contribution in [0.5, 0.6) is 0 Å². The second kappa shape index (κ2) is 11.8. The molecule has 2 heteroatoms. The molecule has 0 aliphatic carbocycles. The Balaban J connectivity index is 2.12. The van der Waals surface area contributed by atoms with Crippen molar-refractivity contribution < 1.29 is 9.47 Å². The van der Waals surface area contributed by atoms with Gasteiger partial charge in [-0.15, -0.1) is 0 Å². The van der Waals surface area contributed by atoms with Gasteiger partial charge in [0.25, 0.3) is 0 Å². The molecule has 2 nitrogen and oxygen atoms in total. The van der Waals surface area contributed by atoms with Gasteiger partial charge in [0.15, 0.2) is 6.29 Å². The summed E-state index contributed by atoms with van der Waals surface area (Å²) in [5.74, 6) is 0. The Labute approximate surface area is 130 Å². The summed E-state index contributed by atoms with van der Waals surface area (Å²) in [5.41, 5.74) is 2.90. The Bertz CT molecular complexity index is 347. The van der Waals surface area contributed by atoms with E-state index in [4.69, 9.17) is 9.47 Å². The largest absolute Gasteiger partial charge is 0.353 e. The highest BCUT2D eigenvalue weighted by molar-refractivity contribution is 5.04. The van der Waals surface area contributed by atoms with E-state index in [2.05, 4.69) is 45.1 Å². The normalized spacial score (nSPS) is 21.2. The minimum Gasteiger partial charge on any atom is -0.353 e. The molecule has 1 heterocycles. The molecule has 1 atom stereocenters. The maximum absolute atomic E-state index is 5.72. The molecular formula is C19H32O2. The maximum Gasteiger partial charge on any atom is 0.157 e. The van der Waals surface area contributed by atoms with Gasteiger partial charge in [-0.1, -0.05) is 35.5 Å². The minimum absolute atomic E-state index is 0.0246. The molecule has 21 heavy (non-hydrogen) atoms. The standard InChI is InChI=1S/C19H32O2/c1-4-5-6-10-17(2)11-9-12-18(3)14-16-21-19-13-7-8-15-20-19/h4-5,11,14,19H,6-10,12-13,15-16H2,1-3H3/b5-4+,17-11+,18-14+. The van der Waals surface area contributed by atoms with E-state index >= 15 is 0 Å². The van der Waals surface area contributed by atoms with Crippen LogP contribution in [0.2, 0.25) is 0 Å². The Morgan fingerprint density at radius 3 is 2.57 bits per heavy atom. The lowest BCUT2D eigenvalue weighted by Gasteiger charge is -2.22. The molecule has 1 saturated heterocycles. The topological polar surface area (TPSA) is 18.5 Å². The minimum atomic E-state index is 0.0246. The predicted molar refractivity (Wildman–Crippen MR) is 90.3 cm³/mol. The van der Waals surface area contributed by atoms with Crippen molar-refractivity contribution in [3.8, 4) is 0 Å². The lowest BCUT2D eigenvalue weighted by molar-refractivity contribution is -0.155. The van der Waals surface area contributed by atoms with E-state index in [0.29, 0.717) is 6.61 Å². The first-order valence-electron chi connectivity index (χ1n) is 8.38. The number of ether oxygens (including phenoxy) is 2. The average Bonchev–Trinajstić information content (AvgIpc) is 2.48. The zero-order chi connectivity index (χ0) is 15.3. The fourth-order valence-corrected chi connectivity index (χ4v) is 2.37. The lowest BCUT2D eigenvalue weighted by atomic mass is 10.1. The van der Waals surface area contributed by atoms with Gasteiger partial charge in [-0.05, 0) is 65.7 Å². The van der Waals surface area contributed by atoms with Crippen LogP contribution in [0.3, 0.4) is 0 Å². The molecule has 1 fully saturated rings. The smallest absolute Gasteiger partial charge is 0.157 e. The van der Waals surface area contributed by atoms with Crippen LogP contribution in [-0.4, -0.2) is 19.5 Å². The highest BCUT2D eigenvalue weighted by atomic mass is 16.7. The van der Waals surface area contributed by atoms with Gasteiger partial charge in [0.1, 0.15) is 0 Å². The van der Waals surface area contributed by atoms with Crippen LogP contribution in [0.1, 0.15) is 65.7 Å². The van der Waals surface area contributed by atoms with Crippen molar-refractivity contribution in [2.24, 2.45) is 0 Å². The number of hydrogen-bond donors (Lipinski definition) is 0. The third kappa shape index (κ3) is 9.65. The van der Waals surface area contributed by atoms with Crippen molar-refractivity contribution in [2.75, 3.05) is 13.2 Å². The van der Waals surface area contributed by atoms with Crippen LogP contribution in [0, 0.1) is 0 Å². The van der Waals surface area contributed by atoms with Crippen molar-refractivity contribution in [1.82, 2.24) is 0 Å². The molecule has 1 unspecified atom stereocenters. The van der Waals surface area contributed by atoms with Crippen LogP contribution in [0.15, 0.2) is 35.5 Å². The van der Waals surface area contributed by atoms with Crippen molar-refractivity contribution in [3.63, 3.8) is 0 Å². The van der Waals surface area contributed by atoms with Gasteiger partial charge in [0.05, 0.1) is 6.61 Å². The zero-order valence-corrected chi connectivity index (χ0v) is 14.1. The molecule has 0 aromatic carbocycles. The van der Waals surface area contributed by atoms with Gasteiger partial charge in [-0.2, -0.15) is 0 Å². The predicted octanol–water partition coefficient (Wildman–Crippen LogP) is 5.56. The van der Waals surface area contributed by atoms with Gasteiger partial charge < -0.3 is 9.47 Å². The third-order valence-corrected chi connectivity index (χ3v) is 3.82. The molecule has 1 rings (SSSR count). The summed E-state index contributed by atoms with van der Waals surface area (Å²) in [6.45, 7) is 8.03. The molecular weight excluding hydrogens is 260 g/mol. The molecule has 0 aromatic heterocycles. The number of hydrogen-bond acceptors (Lipinski definition) is 2. The first kappa shape index (κ1) is 18.2. The first-order chi connectivity index (χ1) is 10.2. The van der Waals surface area contributed by atoms with E-state index in [-0.39, 0.29) is 6.29 Å². The van der Waals surface area contributed by atoms with Gasteiger partial charge in [-0.25, -0.2) is 0 Å². The molecule has 1 aliphatic heterocycles. The number of rotatable bonds is 9. The van der Waals surface area contributed by atoms with E-state index in [1.165, 1.54) is 30.4 Å². The summed E-state index contributed by atoms with van der Waals surface area (Å²) < 4.78 is 11.3. The maximum atomic E-state index is 5.72. The van der Waals surface area contributed by atoms with Crippen LogP contribution in [0.4, 0.5) is 0 Å². The van der Waals surface area contributed by atoms with Gasteiger partial charge in [0.2, 0.25) is 0 Å². The van der Waals surface area contributed by atoms with Crippen molar-refractivity contribution in [3.05, 3.63) is 35.5 Å². The Hall–Kier alpha value is -0.860. The molecule has 0 spiro atoms. The Morgan fingerprint density at radius 2 is 1.86 bits per heavy atom. The fraction of sp³-hybridized carbons (Fsp3) is 0.684. The monoisotopic (exact) mass is 292 g/mol.